The molecule has 2 aromatic rings. The second kappa shape index (κ2) is 8.44. The Morgan fingerprint density at radius 2 is 2.12 bits per heavy atom. The molecule has 25 heavy (non-hydrogen) atoms. The number of aromatic nitrogens is 2. The van der Waals surface area contributed by atoms with Crippen molar-refractivity contribution < 1.29 is 4.52 Å². The lowest BCUT2D eigenvalue weighted by Crippen LogP contribution is -2.52. The van der Waals surface area contributed by atoms with Gasteiger partial charge in [-0.3, -0.25) is 9.89 Å². The SMILES string of the molecule is CCc1nc(CNC(=NC)N2CCN(Cc3cc(C)on3)CC2)cs1. The number of rotatable bonds is 5. The third-order valence-corrected chi connectivity index (χ3v) is 5.32. The summed E-state index contributed by atoms with van der Waals surface area (Å²) in [6.07, 6.45) is 0.992. The summed E-state index contributed by atoms with van der Waals surface area (Å²) >= 11 is 1.72. The number of piperazine rings is 1. The van der Waals surface area contributed by atoms with Crippen LogP contribution in [-0.4, -0.2) is 59.1 Å². The fourth-order valence-corrected chi connectivity index (χ4v) is 3.68. The van der Waals surface area contributed by atoms with Gasteiger partial charge in [0.05, 0.1) is 22.9 Å². The Labute approximate surface area is 152 Å². The van der Waals surface area contributed by atoms with Crippen LogP contribution in [-0.2, 0) is 19.5 Å². The molecule has 0 aromatic carbocycles. The molecule has 1 fully saturated rings. The normalized spacial score (nSPS) is 16.4. The molecule has 1 N–H and O–H groups in total. The van der Waals surface area contributed by atoms with E-state index in [1.807, 2.05) is 20.0 Å². The van der Waals surface area contributed by atoms with Crippen LogP contribution < -0.4 is 5.32 Å². The molecule has 2 aromatic heterocycles. The highest BCUT2D eigenvalue weighted by atomic mass is 32.1. The second-order valence-electron chi connectivity index (χ2n) is 6.18. The summed E-state index contributed by atoms with van der Waals surface area (Å²) in [5, 5.41) is 10.8. The summed E-state index contributed by atoms with van der Waals surface area (Å²) in [5.74, 6) is 1.81. The second-order valence-corrected chi connectivity index (χ2v) is 7.12. The fraction of sp³-hybridized carbons (Fsp3) is 0.588. The third-order valence-electron chi connectivity index (χ3n) is 4.28. The van der Waals surface area contributed by atoms with Crippen LogP contribution in [0, 0.1) is 6.92 Å². The molecule has 1 aliphatic heterocycles. The van der Waals surface area contributed by atoms with Gasteiger partial charge in [0.2, 0.25) is 0 Å². The standard InChI is InChI=1S/C17H26N6OS/c1-4-16-20-15(12-25-16)10-19-17(18-3)23-7-5-22(6-8-23)11-14-9-13(2)24-21-14/h9,12H,4-8,10-11H2,1-3H3,(H,18,19). The first-order chi connectivity index (χ1) is 12.2. The molecule has 0 bridgehead atoms. The smallest absolute Gasteiger partial charge is 0.194 e. The molecule has 0 atom stereocenters. The van der Waals surface area contributed by atoms with E-state index in [2.05, 4.69) is 42.6 Å². The first-order valence-electron chi connectivity index (χ1n) is 8.71. The van der Waals surface area contributed by atoms with Crippen molar-refractivity contribution in [2.75, 3.05) is 33.2 Å². The van der Waals surface area contributed by atoms with Gasteiger partial charge < -0.3 is 14.7 Å². The van der Waals surface area contributed by atoms with Gasteiger partial charge in [-0.05, 0) is 13.3 Å². The zero-order chi connectivity index (χ0) is 17.6. The highest BCUT2D eigenvalue weighted by Crippen LogP contribution is 2.11. The maximum Gasteiger partial charge on any atom is 0.194 e. The van der Waals surface area contributed by atoms with Gasteiger partial charge in [-0.15, -0.1) is 11.3 Å². The summed E-state index contributed by atoms with van der Waals surface area (Å²) in [7, 11) is 1.84. The molecule has 136 valence electrons. The van der Waals surface area contributed by atoms with Crippen LogP contribution in [0.15, 0.2) is 21.0 Å². The maximum absolute atomic E-state index is 5.15. The molecular weight excluding hydrogens is 336 g/mol. The fourth-order valence-electron chi connectivity index (χ4n) is 2.93. The Hall–Kier alpha value is -1.93. The topological polar surface area (TPSA) is 69.8 Å². The van der Waals surface area contributed by atoms with E-state index in [0.29, 0.717) is 0 Å². The van der Waals surface area contributed by atoms with Crippen molar-refractivity contribution in [3.63, 3.8) is 0 Å². The molecule has 0 saturated carbocycles. The van der Waals surface area contributed by atoms with Gasteiger partial charge in [-0.1, -0.05) is 12.1 Å². The van der Waals surface area contributed by atoms with Gasteiger partial charge in [0.25, 0.3) is 0 Å². The molecule has 0 unspecified atom stereocenters. The van der Waals surface area contributed by atoms with Gasteiger partial charge in [-0.25, -0.2) is 4.98 Å². The summed E-state index contributed by atoms with van der Waals surface area (Å²) in [6, 6.07) is 2.01. The number of thiazole rings is 1. The number of guanidine groups is 1. The molecule has 7 nitrogen and oxygen atoms in total. The van der Waals surface area contributed by atoms with Gasteiger partial charge in [0.1, 0.15) is 5.76 Å². The Kier molecular flexibility index (Phi) is 6.04. The van der Waals surface area contributed by atoms with Crippen LogP contribution in [0.25, 0.3) is 0 Å². The Bertz CT molecular complexity index is 702. The van der Waals surface area contributed by atoms with Crippen molar-refractivity contribution in [1.29, 1.82) is 0 Å². The Morgan fingerprint density at radius 1 is 1.32 bits per heavy atom. The molecule has 1 saturated heterocycles. The predicted octanol–water partition coefficient (Wildman–Crippen LogP) is 1.90. The quantitative estimate of drug-likeness (QED) is 0.647. The number of aliphatic imine (C=N–C) groups is 1. The largest absolute Gasteiger partial charge is 0.361 e. The Morgan fingerprint density at radius 3 is 2.72 bits per heavy atom. The molecule has 0 amide bonds. The van der Waals surface area contributed by atoms with Crippen molar-refractivity contribution in [3.8, 4) is 0 Å². The molecule has 0 radical (unpaired) electrons. The minimum atomic E-state index is 0.724. The van der Waals surface area contributed by atoms with Crippen molar-refractivity contribution >= 4 is 17.3 Å². The average molecular weight is 363 g/mol. The van der Waals surface area contributed by atoms with E-state index < -0.39 is 0 Å². The maximum atomic E-state index is 5.15. The number of hydrogen-bond donors (Lipinski definition) is 1. The van der Waals surface area contributed by atoms with Crippen LogP contribution >= 0.6 is 11.3 Å². The highest BCUT2D eigenvalue weighted by Gasteiger charge is 2.20. The predicted molar refractivity (Wildman–Crippen MR) is 99.8 cm³/mol. The van der Waals surface area contributed by atoms with E-state index in [-0.39, 0.29) is 0 Å². The first kappa shape index (κ1) is 17.9. The summed E-state index contributed by atoms with van der Waals surface area (Å²) in [5.41, 5.74) is 2.09. The lowest BCUT2D eigenvalue weighted by atomic mass is 10.3. The lowest BCUT2D eigenvalue weighted by Gasteiger charge is -2.36. The molecule has 3 heterocycles. The van der Waals surface area contributed by atoms with E-state index in [0.717, 1.165) is 68.8 Å². The minimum absolute atomic E-state index is 0.724. The molecule has 3 rings (SSSR count). The van der Waals surface area contributed by atoms with Crippen LogP contribution in [0.2, 0.25) is 0 Å². The average Bonchev–Trinajstić information content (AvgIpc) is 3.25. The number of nitrogens with one attached hydrogen (secondary N) is 1. The van der Waals surface area contributed by atoms with Crippen molar-refractivity contribution in [3.05, 3.63) is 33.6 Å². The monoisotopic (exact) mass is 362 g/mol. The molecule has 0 aliphatic carbocycles. The van der Waals surface area contributed by atoms with Crippen molar-refractivity contribution in [2.24, 2.45) is 4.99 Å². The lowest BCUT2D eigenvalue weighted by molar-refractivity contribution is 0.169. The number of aryl methyl sites for hydroxylation is 2. The van der Waals surface area contributed by atoms with E-state index in [1.165, 1.54) is 5.01 Å². The van der Waals surface area contributed by atoms with E-state index in [4.69, 9.17) is 4.52 Å². The van der Waals surface area contributed by atoms with Crippen LogP contribution in [0.5, 0.6) is 0 Å². The minimum Gasteiger partial charge on any atom is -0.361 e. The van der Waals surface area contributed by atoms with Crippen molar-refractivity contribution in [1.82, 2.24) is 25.3 Å². The molecule has 8 heteroatoms. The van der Waals surface area contributed by atoms with Crippen molar-refractivity contribution in [2.45, 2.75) is 33.4 Å². The first-order valence-corrected chi connectivity index (χ1v) is 9.59. The summed E-state index contributed by atoms with van der Waals surface area (Å²) in [4.78, 5) is 13.7. The van der Waals surface area contributed by atoms with Gasteiger partial charge >= 0.3 is 0 Å². The summed E-state index contributed by atoms with van der Waals surface area (Å²) < 4.78 is 5.15. The van der Waals surface area contributed by atoms with E-state index >= 15 is 0 Å². The van der Waals surface area contributed by atoms with E-state index in [1.54, 1.807) is 11.3 Å². The van der Waals surface area contributed by atoms with Gasteiger partial charge in [0, 0.05) is 51.2 Å². The zero-order valence-corrected chi connectivity index (χ0v) is 16.0. The highest BCUT2D eigenvalue weighted by molar-refractivity contribution is 7.09. The number of hydrogen-bond acceptors (Lipinski definition) is 6. The third kappa shape index (κ3) is 4.79. The van der Waals surface area contributed by atoms with Crippen LogP contribution in [0.3, 0.4) is 0 Å². The van der Waals surface area contributed by atoms with E-state index in [9.17, 15) is 0 Å². The zero-order valence-electron chi connectivity index (χ0n) is 15.2. The summed E-state index contributed by atoms with van der Waals surface area (Å²) in [6.45, 7) is 9.51. The number of nitrogens with zero attached hydrogens (tertiary/aromatic N) is 5. The Balaban J connectivity index is 1.46. The van der Waals surface area contributed by atoms with Gasteiger partial charge in [-0.2, -0.15) is 0 Å². The van der Waals surface area contributed by atoms with Crippen LogP contribution in [0.1, 0.15) is 29.1 Å². The molecule has 0 spiro atoms. The van der Waals surface area contributed by atoms with Gasteiger partial charge in [0.15, 0.2) is 5.96 Å². The van der Waals surface area contributed by atoms with Crippen LogP contribution in [0.4, 0.5) is 0 Å². The molecular formula is C17H26N6OS. The molecule has 1 aliphatic rings.